The van der Waals surface area contributed by atoms with E-state index in [0.717, 1.165) is 35.5 Å². The molecule has 0 aliphatic heterocycles. The lowest BCUT2D eigenvalue weighted by atomic mass is 10.0. The van der Waals surface area contributed by atoms with Gasteiger partial charge in [0.2, 0.25) is 5.91 Å². The predicted octanol–water partition coefficient (Wildman–Crippen LogP) is 3.02. The SMILES string of the molecule is Cc1nn(C)c(C)c1/C=C/C(=O)Nc1nc2c(s1)CCCC2. The highest BCUT2D eigenvalue weighted by Crippen LogP contribution is 2.29. The number of nitrogens with zero attached hydrogens (tertiary/aromatic N) is 3. The first-order valence-electron chi connectivity index (χ1n) is 7.52. The predicted molar refractivity (Wildman–Crippen MR) is 89.1 cm³/mol. The molecule has 0 spiro atoms. The van der Waals surface area contributed by atoms with Crippen molar-refractivity contribution in [2.75, 3.05) is 5.32 Å². The Labute approximate surface area is 134 Å². The van der Waals surface area contributed by atoms with Crippen LogP contribution in [0.1, 0.15) is 40.4 Å². The molecular weight excluding hydrogens is 296 g/mol. The largest absolute Gasteiger partial charge is 0.298 e. The maximum Gasteiger partial charge on any atom is 0.250 e. The first kappa shape index (κ1) is 15.0. The molecule has 22 heavy (non-hydrogen) atoms. The molecule has 0 bridgehead atoms. The van der Waals surface area contributed by atoms with Gasteiger partial charge < -0.3 is 0 Å². The summed E-state index contributed by atoms with van der Waals surface area (Å²) in [5.74, 6) is -0.145. The summed E-state index contributed by atoms with van der Waals surface area (Å²) >= 11 is 1.60. The number of anilines is 1. The van der Waals surface area contributed by atoms with Crippen LogP contribution in [0, 0.1) is 13.8 Å². The highest BCUT2D eigenvalue weighted by molar-refractivity contribution is 7.15. The molecule has 3 rings (SSSR count). The Bertz CT molecular complexity index is 718. The number of rotatable bonds is 3. The fourth-order valence-corrected chi connectivity index (χ4v) is 3.80. The van der Waals surface area contributed by atoms with E-state index in [9.17, 15) is 4.79 Å². The van der Waals surface area contributed by atoms with Gasteiger partial charge >= 0.3 is 0 Å². The lowest BCUT2D eigenvalue weighted by Gasteiger charge is -2.06. The van der Waals surface area contributed by atoms with Crippen LogP contribution in [0.2, 0.25) is 0 Å². The number of fused-ring (bicyclic) bond motifs is 1. The average Bonchev–Trinajstić information content (AvgIpc) is 2.98. The number of hydrogen-bond acceptors (Lipinski definition) is 4. The molecule has 1 N–H and O–H groups in total. The zero-order valence-electron chi connectivity index (χ0n) is 13.1. The summed E-state index contributed by atoms with van der Waals surface area (Å²) in [6.45, 7) is 3.94. The quantitative estimate of drug-likeness (QED) is 0.886. The molecule has 5 nitrogen and oxygen atoms in total. The molecule has 1 aliphatic rings. The molecule has 116 valence electrons. The van der Waals surface area contributed by atoms with Crippen LogP contribution in [0.4, 0.5) is 5.13 Å². The molecule has 2 aromatic rings. The molecule has 0 saturated heterocycles. The van der Waals surface area contributed by atoms with Crippen LogP contribution < -0.4 is 5.32 Å². The fourth-order valence-electron chi connectivity index (χ4n) is 2.74. The second kappa shape index (κ2) is 6.04. The molecule has 1 aliphatic carbocycles. The second-order valence-electron chi connectivity index (χ2n) is 5.63. The Hall–Kier alpha value is -1.95. The van der Waals surface area contributed by atoms with Crippen LogP contribution in [0.25, 0.3) is 6.08 Å². The van der Waals surface area contributed by atoms with Crippen LogP contribution in [-0.4, -0.2) is 20.7 Å². The number of thiazole rings is 1. The molecule has 2 aromatic heterocycles. The van der Waals surface area contributed by atoms with Gasteiger partial charge in [0.15, 0.2) is 5.13 Å². The first-order chi connectivity index (χ1) is 10.5. The summed E-state index contributed by atoms with van der Waals surface area (Å²) in [7, 11) is 1.90. The number of carbonyl (C=O) groups is 1. The summed E-state index contributed by atoms with van der Waals surface area (Å²) in [5, 5.41) is 7.92. The van der Waals surface area contributed by atoms with Gasteiger partial charge in [-0.05, 0) is 45.6 Å². The zero-order valence-corrected chi connectivity index (χ0v) is 14.0. The van der Waals surface area contributed by atoms with Crippen molar-refractivity contribution in [3.8, 4) is 0 Å². The van der Waals surface area contributed by atoms with E-state index in [2.05, 4.69) is 15.4 Å². The van der Waals surface area contributed by atoms with E-state index in [1.54, 1.807) is 17.4 Å². The summed E-state index contributed by atoms with van der Waals surface area (Å²) in [6.07, 6.45) is 7.92. The van der Waals surface area contributed by atoms with Crippen LogP contribution in [0.15, 0.2) is 6.08 Å². The zero-order chi connectivity index (χ0) is 15.7. The van der Waals surface area contributed by atoms with Gasteiger partial charge in [-0.1, -0.05) is 0 Å². The fraction of sp³-hybridized carbons (Fsp3) is 0.438. The third-order valence-corrected chi connectivity index (χ3v) is 5.12. The van der Waals surface area contributed by atoms with E-state index in [0.29, 0.717) is 5.13 Å². The van der Waals surface area contributed by atoms with Gasteiger partial charge in [-0.25, -0.2) is 4.98 Å². The lowest BCUT2D eigenvalue weighted by Crippen LogP contribution is -2.07. The number of aryl methyl sites for hydroxylation is 4. The summed E-state index contributed by atoms with van der Waals surface area (Å²) in [6, 6.07) is 0. The first-order valence-corrected chi connectivity index (χ1v) is 8.34. The van der Waals surface area contributed by atoms with Crippen LogP contribution in [0.5, 0.6) is 0 Å². The Morgan fingerprint density at radius 2 is 2.09 bits per heavy atom. The molecule has 0 radical (unpaired) electrons. The molecular formula is C16H20N4OS. The van der Waals surface area contributed by atoms with Crippen molar-refractivity contribution in [2.45, 2.75) is 39.5 Å². The van der Waals surface area contributed by atoms with Gasteiger partial charge in [-0.3, -0.25) is 14.8 Å². The van der Waals surface area contributed by atoms with E-state index in [1.807, 2.05) is 31.7 Å². The van der Waals surface area contributed by atoms with E-state index in [-0.39, 0.29) is 5.91 Å². The van der Waals surface area contributed by atoms with Crippen LogP contribution in [0.3, 0.4) is 0 Å². The number of carbonyl (C=O) groups excluding carboxylic acids is 1. The van der Waals surface area contributed by atoms with Crippen molar-refractivity contribution in [2.24, 2.45) is 7.05 Å². The molecule has 2 heterocycles. The molecule has 0 unspecified atom stereocenters. The lowest BCUT2D eigenvalue weighted by molar-refractivity contribution is -0.111. The summed E-state index contributed by atoms with van der Waals surface area (Å²) in [4.78, 5) is 17.9. The van der Waals surface area contributed by atoms with E-state index < -0.39 is 0 Å². The monoisotopic (exact) mass is 316 g/mol. The van der Waals surface area contributed by atoms with Gasteiger partial charge in [-0.2, -0.15) is 5.10 Å². The number of amides is 1. The third kappa shape index (κ3) is 2.97. The molecule has 0 atom stereocenters. The maximum atomic E-state index is 12.1. The topological polar surface area (TPSA) is 59.8 Å². The summed E-state index contributed by atoms with van der Waals surface area (Å²) < 4.78 is 1.82. The summed E-state index contributed by atoms with van der Waals surface area (Å²) in [5.41, 5.74) is 4.13. The van der Waals surface area contributed by atoms with E-state index in [1.165, 1.54) is 17.7 Å². The normalized spacial score (nSPS) is 14.3. The van der Waals surface area contributed by atoms with Crippen molar-refractivity contribution in [1.29, 1.82) is 0 Å². The standard InChI is InChI=1S/C16H20N4OS/c1-10-12(11(2)20(3)19-10)8-9-15(21)18-16-17-13-6-4-5-7-14(13)22-16/h8-9H,4-7H2,1-3H3,(H,17,18,21)/b9-8+. The maximum absolute atomic E-state index is 12.1. The van der Waals surface area contributed by atoms with Gasteiger partial charge in [0.25, 0.3) is 0 Å². The van der Waals surface area contributed by atoms with Gasteiger partial charge in [0.1, 0.15) is 0 Å². The Kier molecular flexibility index (Phi) is 4.11. The van der Waals surface area contributed by atoms with E-state index >= 15 is 0 Å². The minimum absolute atomic E-state index is 0.145. The average molecular weight is 316 g/mol. The van der Waals surface area contributed by atoms with Crippen molar-refractivity contribution in [3.63, 3.8) is 0 Å². The minimum atomic E-state index is -0.145. The molecule has 1 amide bonds. The highest BCUT2D eigenvalue weighted by atomic mass is 32.1. The second-order valence-corrected chi connectivity index (χ2v) is 6.71. The highest BCUT2D eigenvalue weighted by Gasteiger charge is 2.15. The van der Waals surface area contributed by atoms with Crippen LogP contribution >= 0.6 is 11.3 Å². The Balaban J connectivity index is 1.69. The molecule has 0 aromatic carbocycles. The van der Waals surface area contributed by atoms with Crippen molar-refractivity contribution < 1.29 is 4.79 Å². The van der Waals surface area contributed by atoms with Crippen molar-refractivity contribution in [1.82, 2.24) is 14.8 Å². The third-order valence-electron chi connectivity index (χ3n) is 4.04. The Morgan fingerprint density at radius 1 is 1.32 bits per heavy atom. The molecule has 0 saturated carbocycles. The van der Waals surface area contributed by atoms with Crippen molar-refractivity contribution in [3.05, 3.63) is 33.6 Å². The molecule has 6 heteroatoms. The van der Waals surface area contributed by atoms with E-state index in [4.69, 9.17) is 0 Å². The number of aromatic nitrogens is 3. The Morgan fingerprint density at radius 3 is 2.77 bits per heavy atom. The number of nitrogens with one attached hydrogen (secondary N) is 1. The smallest absolute Gasteiger partial charge is 0.250 e. The van der Waals surface area contributed by atoms with Gasteiger partial charge in [0, 0.05) is 29.3 Å². The van der Waals surface area contributed by atoms with Gasteiger partial charge in [0.05, 0.1) is 11.4 Å². The minimum Gasteiger partial charge on any atom is -0.298 e. The number of hydrogen-bond donors (Lipinski definition) is 1. The molecule has 0 fully saturated rings. The van der Waals surface area contributed by atoms with Crippen LogP contribution in [-0.2, 0) is 24.7 Å². The van der Waals surface area contributed by atoms with Gasteiger partial charge in [-0.15, -0.1) is 11.3 Å². The van der Waals surface area contributed by atoms with Crippen molar-refractivity contribution >= 4 is 28.5 Å².